The third-order valence-corrected chi connectivity index (χ3v) is 2.60. The molecule has 92 valence electrons. The van der Waals surface area contributed by atoms with Crippen molar-refractivity contribution in [2.75, 3.05) is 17.6 Å². The SMILES string of the molecule is Cc1cnn(CCNc2ccc(C#N)c(N)c2)c1. The number of nitriles is 1. The Morgan fingerprint density at radius 2 is 2.33 bits per heavy atom. The molecule has 1 aromatic carbocycles. The highest BCUT2D eigenvalue weighted by atomic mass is 15.3. The summed E-state index contributed by atoms with van der Waals surface area (Å²) < 4.78 is 1.88. The van der Waals surface area contributed by atoms with E-state index in [2.05, 4.69) is 10.4 Å². The second-order valence-electron chi connectivity index (χ2n) is 4.12. The Kier molecular flexibility index (Phi) is 3.49. The highest BCUT2D eigenvalue weighted by molar-refractivity contribution is 5.62. The summed E-state index contributed by atoms with van der Waals surface area (Å²) >= 11 is 0. The number of hydrogen-bond donors (Lipinski definition) is 2. The molecule has 0 saturated heterocycles. The van der Waals surface area contributed by atoms with E-state index in [4.69, 9.17) is 11.0 Å². The number of hydrogen-bond acceptors (Lipinski definition) is 4. The maximum absolute atomic E-state index is 8.77. The molecule has 0 fully saturated rings. The van der Waals surface area contributed by atoms with Crippen LogP contribution in [-0.2, 0) is 6.54 Å². The second kappa shape index (κ2) is 5.23. The number of anilines is 2. The van der Waals surface area contributed by atoms with Gasteiger partial charge in [0.25, 0.3) is 0 Å². The van der Waals surface area contributed by atoms with E-state index in [1.54, 1.807) is 12.1 Å². The summed E-state index contributed by atoms with van der Waals surface area (Å²) in [5, 5.41) is 16.2. The van der Waals surface area contributed by atoms with Crippen LogP contribution in [0.4, 0.5) is 11.4 Å². The summed E-state index contributed by atoms with van der Waals surface area (Å²) in [6, 6.07) is 7.38. The zero-order valence-corrected chi connectivity index (χ0v) is 10.2. The van der Waals surface area contributed by atoms with Gasteiger partial charge in [0.1, 0.15) is 6.07 Å². The molecule has 0 spiro atoms. The van der Waals surface area contributed by atoms with Gasteiger partial charge in [0.05, 0.1) is 24.0 Å². The third kappa shape index (κ3) is 2.80. The van der Waals surface area contributed by atoms with Crippen molar-refractivity contribution in [1.29, 1.82) is 5.26 Å². The lowest BCUT2D eigenvalue weighted by Crippen LogP contribution is -2.11. The molecule has 0 saturated carbocycles. The topological polar surface area (TPSA) is 79.7 Å². The molecule has 3 N–H and O–H groups in total. The molecule has 0 radical (unpaired) electrons. The van der Waals surface area contributed by atoms with Crippen molar-refractivity contribution in [2.45, 2.75) is 13.5 Å². The van der Waals surface area contributed by atoms with Gasteiger partial charge in [0, 0.05) is 18.4 Å². The summed E-state index contributed by atoms with van der Waals surface area (Å²) in [5.74, 6) is 0. The van der Waals surface area contributed by atoms with E-state index in [1.165, 1.54) is 0 Å². The Bertz CT molecular complexity index is 579. The first kappa shape index (κ1) is 12.0. The molecule has 0 aliphatic heterocycles. The largest absolute Gasteiger partial charge is 0.398 e. The fraction of sp³-hybridized carbons (Fsp3) is 0.231. The number of nitrogen functional groups attached to an aromatic ring is 1. The molecule has 18 heavy (non-hydrogen) atoms. The highest BCUT2D eigenvalue weighted by Crippen LogP contribution is 2.16. The summed E-state index contributed by atoms with van der Waals surface area (Å²) in [6.07, 6.45) is 3.83. The maximum Gasteiger partial charge on any atom is 0.101 e. The van der Waals surface area contributed by atoms with E-state index in [-0.39, 0.29) is 0 Å². The van der Waals surface area contributed by atoms with Gasteiger partial charge >= 0.3 is 0 Å². The zero-order chi connectivity index (χ0) is 13.0. The maximum atomic E-state index is 8.77. The van der Waals surface area contributed by atoms with Crippen LogP contribution < -0.4 is 11.1 Å². The number of aryl methyl sites for hydroxylation is 1. The quantitative estimate of drug-likeness (QED) is 0.799. The van der Waals surface area contributed by atoms with E-state index in [0.717, 1.165) is 24.3 Å². The van der Waals surface area contributed by atoms with E-state index in [1.807, 2.05) is 36.1 Å². The van der Waals surface area contributed by atoms with Crippen LogP contribution >= 0.6 is 0 Å². The molecule has 0 unspecified atom stereocenters. The fourth-order valence-electron chi connectivity index (χ4n) is 1.68. The van der Waals surface area contributed by atoms with Gasteiger partial charge in [-0.3, -0.25) is 4.68 Å². The minimum Gasteiger partial charge on any atom is -0.398 e. The van der Waals surface area contributed by atoms with Crippen molar-refractivity contribution in [3.05, 3.63) is 41.7 Å². The van der Waals surface area contributed by atoms with Crippen molar-refractivity contribution >= 4 is 11.4 Å². The third-order valence-electron chi connectivity index (χ3n) is 2.60. The molecule has 2 rings (SSSR count). The molecule has 5 heteroatoms. The van der Waals surface area contributed by atoms with Crippen LogP contribution in [0, 0.1) is 18.3 Å². The average Bonchev–Trinajstić information content (AvgIpc) is 2.75. The number of benzene rings is 1. The summed E-state index contributed by atoms with van der Waals surface area (Å²) in [4.78, 5) is 0. The Hall–Kier alpha value is -2.48. The molecule has 0 atom stereocenters. The minimum absolute atomic E-state index is 0.498. The molecule has 0 bridgehead atoms. The lowest BCUT2D eigenvalue weighted by Gasteiger charge is -2.07. The standard InChI is InChI=1S/C13H15N5/c1-10-8-17-18(9-10)5-4-16-12-3-2-11(7-14)13(15)6-12/h2-3,6,8-9,16H,4-5,15H2,1H3. The van der Waals surface area contributed by atoms with Crippen molar-refractivity contribution in [2.24, 2.45) is 0 Å². The summed E-state index contributed by atoms with van der Waals surface area (Å²) in [6.45, 7) is 3.55. The first-order valence-electron chi connectivity index (χ1n) is 5.71. The number of aromatic nitrogens is 2. The molecule has 0 aliphatic carbocycles. The Morgan fingerprint density at radius 3 is 2.94 bits per heavy atom. The molecular formula is C13H15N5. The van der Waals surface area contributed by atoms with E-state index in [9.17, 15) is 0 Å². The molecule has 5 nitrogen and oxygen atoms in total. The predicted octanol–water partition coefficient (Wildman–Crippen LogP) is 1.76. The first-order valence-corrected chi connectivity index (χ1v) is 5.71. The van der Waals surface area contributed by atoms with Gasteiger partial charge in [-0.15, -0.1) is 0 Å². The van der Waals surface area contributed by atoms with Crippen molar-refractivity contribution in [1.82, 2.24) is 9.78 Å². The van der Waals surface area contributed by atoms with Crippen LogP contribution in [0.25, 0.3) is 0 Å². The number of nitrogens with zero attached hydrogens (tertiary/aromatic N) is 3. The van der Waals surface area contributed by atoms with Crippen molar-refractivity contribution in [3.8, 4) is 6.07 Å². The molecule has 0 amide bonds. The van der Waals surface area contributed by atoms with Gasteiger partial charge < -0.3 is 11.1 Å². The van der Waals surface area contributed by atoms with Gasteiger partial charge in [-0.05, 0) is 30.7 Å². The highest BCUT2D eigenvalue weighted by Gasteiger charge is 1.99. The van der Waals surface area contributed by atoms with Crippen LogP contribution in [-0.4, -0.2) is 16.3 Å². The van der Waals surface area contributed by atoms with E-state index < -0.39 is 0 Å². The Balaban J connectivity index is 1.91. The molecule has 1 heterocycles. The molecular weight excluding hydrogens is 226 g/mol. The van der Waals surface area contributed by atoms with Gasteiger partial charge in [-0.2, -0.15) is 10.4 Å². The lowest BCUT2D eigenvalue weighted by atomic mass is 10.2. The van der Waals surface area contributed by atoms with Crippen LogP contribution in [0.2, 0.25) is 0 Å². The number of rotatable bonds is 4. The molecule has 2 aromatic rings. The number of nitrogens with one attached hydrogen (secondary N) is 1. The minimum atomic E-state index is 0.498. The molecule has 1 aromatic heterocycles. The summed E-state index contributed by atoms with van der Waals surface area (Å²) in [7, 11) is 0. The van der Waals surface area contributed by atoms with Gasteiger partial charge in [-0.25, -0.2) is 0 Å². The van der Waals surface area contributed by atoms with Gasteiger partial charge in [0.2, 0.25) is 0 Å². The van der Waals surface area contributed by atoms with Crippen molar-refractivity contribution < 1.29 is 0 Å². The monoisotopic (exact) mass is 241 g/mol. The second-order valence-corrected chi connectivity index (χ2v) is 4.12. The van der Waals surface area contributed by atoms with Crippen molar-refractivity contribution in [3.63, 3.8) is 0 Å². The lowest BCUT2D eigenvalue weighted by molar-refractivity contribution is 0.637. The predicted molar refractivity (Wildman–Crippen MR) is 71.0 cm³/mol. The van der Waals surface area contributed by atoms with Crippen LogP contribution in [0.5, 0.6) is 0 Å². The van der Waals surface area contributed by atoms with Gasteiger partial charge in [-0.1, -0.05) is 0 Å². The zero-order valence-electron chi connectivity index (χ0n) is 10.2. The average molecular weight is 241 g/mol. The van der Waals surface area contributed by atoms with E-state index >= 15 is 0 Å². The Labute approximate surface area is 106 Å². The Morgan fingerprint density at radius 1 is 1.50 bits per heavy atom. The van der Waals surface area contributed by atoms with Crippen LogP contribution in [0.15, 0.2) is 30.6 Å². The van der Waals surface area contributed by atoms with Crippen LogP contribution in [0.1, 0.15) is 11.1 Å². The smallest absolute Gasteiger partial charge is 0.101 e. The summed E-state index contributed by atoms with van der Waals surface area (Å²) in [5.41, 5.74) is 8.80. The van der Waals surface area contributed by atoms with Crippen LogP contribution in [0.3, 0.4) is 0 Å². The van der Waals surface area contributed by atoms with E-state index in [0.29, 0.717) is 11.3 Å². The van der Waals surface area contributed by atoms with Gasteiger partial charge in [0.15, 0.2) is 0 Å². The normalized spacial score (nSPS) is 10.0. The molecule has 0 aliphatic rings. The number of nitrogens with two attached hydrogens (primary N) is 1. The fourth-order valence-corrected chi connectivity index (χ4v) is 1.68. The first-order chi connectivity index (χ1) is 8.69.